The number of carbonyl (C=O) groups excluding carboxylic acids is 1. The number of ether oxygens (including phenoxy) is 1. The summed E-state index contributed by atoms with van der Waals surface area (Å²) in [7, 11) is 0. The Balaban J connectivity index is 2.08. The molecule has 1 aromatic carbocycles. The van der Waals surface area contributed by atoms with Crippen molar-refractivity contribution in [2.45, 2.75) is 26.9 Å². The zero-order chi connectivity index (χ0) is 14.5. The molecule has 2 rings (SSSR count). The van der Waals surface area contributed by atoms with Gasteiger partial charge in [-0.05, 0) is 37.0 Å². The third-order valence-corrected chi connectivity index (χ3v) is 3.75. The van der Waals surface area contributed by atoms with E-state index in [1.807, 2.05) is 44.2 Å². The number of hydrogen-bond acceptors (Lipinski definition) is 2. The Labute approximate surface area is 127 Å². The number of carbonyl (C=O) groups is 1. The fourth-order valence-corrected chi connectivity index (χ4v) is 2.65. The van der Waals surface area contributed by atoms with Gasteiger partial charge in [-0.1, -0.05) is 46.3 Å². The smallest absolute Gasteiger partial charge is 0.355 e. The molecule has 0 saturated carbocycles. The number of aromatic nitrogens is 1. The minimum absolute atomic E-state index is 0.296. The summed E-state index contributed by atoms with van der Waals surface area (Å²) in [5.74, 6) is -0.296. The molecule has 1 heterocycles. The molecule has 0 saturated heterocycles. The topological polar surface area (TPSA) is 42.1 Å². The average Bonchev–Trinajstić information content (AvgIpc) is 2.74. The van der Waals surface area contributed by atoms with Crippen molar-refractivity contribution in [1.29, 1.82) is 0 Å². The molecule has 0 aliphatic heterocycles. The molecule has 0 bridgehead atoms. The summed E-state index contributed by atoms with van der Waals surface area (Å²) in [6.45, 7) is 4.24. The van der Waals surface area contributed by atoms with Crippen LogP contribution in [0.3, 0.4) is 0 Å². The van der Waals surface area contributed by atoms with Gasteiger partial charge in [-0.3, -0.25) is 0 Å². The minimum atomic E-state index is -0.296. The lowest BCUT2D eigenvalue weighted by atomic mass is 10.1. The molecule has 1 aromatic heterocycles. The Hall–Kier alpha value is -1.55. The van der Waals surface area contributed by atoms with Crippen LogP contribution in [0.4, 0.5) is 0 Å². The zero-order valence-corrected chi connectivity index (χ0v) is 13.3. The van der Waals surface area contributed by atoms with Crippen LogP contribution in [0.5, 0.6) is 0 Å². The van der Waals surface area contributed by atoms with Gasteiger partial charge in [-0.15, -0.1) is 0 Å². The molecule has 0 unspecified atom stereocenters. The molecular formula is C16H18BrNO2. The van der Waals surface area contributed by atoms with Crippen LogP contribution in [-0.2, 0) is 17.8 Å². The lowest BCUT2D eigenvalue weighted by molar-refractivity contribution is 0.0465. The van der Waals surface area contributed by atoms with Crippen LogP contribution in [0.25, 0.3) is 0 Å². The summed E-state index contributed by atoms with van der Waals surface area (Å²) in [4.78, 5) is 15.3. The van der Waals surface area contributed by atoms with E-state index in [0.717, 1.165) is 28.6 Å². The van der Waals surface area contributed by atoms with Gasteiger partial charge in [0.25, 0.3) is 0 Å². The lowest BCUT2D eigenvalue weighted by Crippen LogP contribution is -2.07. The van der Waals surface area contributed by atoms with Gasteiger partial charge in [0.15, 0.2) is 0 Å². The zero-order valence-electron chi connectivity index (χ0n) is 11.7. The van der Waals surface area contributed by atoms with Crippen molar-refractivity contribution >= 4 is 21.9 Å². The number of aryl methyl sites for hydroxylation is 1. The summed E-state index contributed by atoms with van der Waals surface area (Å²) >= 11 is 3.43. The third-order valence-electron chi connectivity index (χ3n) is 3.35. The minimum Gasteiger partial charge on any atom is -0.456 e. The number of rotatable bonds is 5. The maximum absolute atomic E-state index is 12.1. The highest BCUT2D eigenvalue weighted by molar-refractivity contribution is 9.09. The quantitative estimate of drug-likeness (QED) is 0.664. The molecule has 0 amide bonds. The highest BCUT2D eigenvalue weighted by atomic mass is 79.9. The van der Waals surface area contributed by atoms with Gasteiger partial charge in [-0.2, -0.15) is 0 Å². The van der Waals surface area contributed by atoms with E-state index in [9.17, 15) is 4.79 Å². The van der Waals surface area contributed by atoms with Gasteiger partial charge in [0.1, 0.15) is 12.3 Å². The van der Waals surface area contributed by atoms with Crippen molar-refractivity contribution in [3.63, 3.8) is 0 Å². The molecule has 2 aromatic rings. The Kier molecular flexibility index (Phi) is 5.01. The number of hydrogen-bond donors (Lipinski definition) is 1. The van der Waals surface area contributed by atoms with E-state index in [1.54, 1.807) is 0 Å². The summed E-state index contributed by atoms with van der Waals surface area (Å²) in [6, 6.07) is 9.69. The SMILES string of the molecule is Cc1[nH]c(C(=O)OCc2ccccc2)c(C)c1CCBr. The molecule has 0 spiro atoms. The monoisotopic (exact) mass is 335 g/mol. The van der Waals surface area contributed by atoms with Gasteiger partial charge in [-0.25, -0.2) is 4.79 Å². The van der Waals surface area contributed by atoms with E-state index in [0.29, 0.717) is 12.3 Å². The van der Waals surface area contributed by atoms with Crippen molar-refractivity contribution in [1.82, 2.24) is 4.98 Å². The first kappa shape index (κ1) is 14.9. The predicted octanol–water partition coefficient (Wildman–Crippen LogP) is 3.93. The highest BCUT2D eigenvalue weighted by Gasteiger charge is 2.18. The van der Waals surface area contributed by atoms with Gasteiger partial charge in [0.2, 0.25) is 0 Å². The lowest BCUT2D eigenvalue weighted by Gasteiger charge is -2.04. The van der Waals surface area contributed by atoms with Crippen LogP contribution in [0, 0.1) is 13.8 Å². The van der Waals surface area contributed by atoms with E-state index in [1.165, 1.54) is 5.56 Å². The van der Waals surface area contributed by atoms with E-state index in [4.69, 9.17) is 4.74 Å². The van der Waals surface area contributed by atoms with Gasteiger partial charge < -0.3 is 9.72 Å². The number of nitrogens with one attached hydrogen (secondary N) is 1. The number of esters is 1. The van der Waals surface area contributed by atoms with Gasteiger partial charge >= 0.3 is 5.97 Å². The van der Waals surface area contributed by atoms with Gasteiger partial charge in [0.05, 0.1) is 0 Å². The molecule has 0 aliphatic rings. The molecule has 106 valence electrons. The second-order valence-corrected chi connectivity index (χ2v) is 5.52. The molecule has 0 aliphatic carbocycles. The molecule has 1 N–H and O–H groups in total. The summed E-state index contributed by atoms with van der Waals surface area (Å²) in [6.07, 6.45) is 0.903. The van der Waals surface area contributed by atoms with Crippen molar-refractivity contribution in [3.05, 3.63) is 58.4 Å². The first-order chi connectivity index (χ1) is 9.63. The van der Waals surface area contributed by atoms with E-state index in [-0.39, 0.29) is 5.97 Å². The largest absolute Gasteiger partial charge is 0.456 e. The second kappa shape index (κ2) is 6.75. The molecule has 0 radical (unpaired) electrons. The summed E-state index contributed by atoms with van der Waals surface area (Å²) in [5.41, 5.74) is 4.76. The van der Waals surface area contributed by atoms with Crippen LogP contribution in [0.15, 0.2) is 30.3 Å². The van der Waals surface area contributed by atoms with Crippen molar-refractivity contribution in [2.75, 3.05) is 5.33 Å². The number of halogens is 1. The number of alkyl halides is 1. The van der Waals surface area contributed by atoms with E-state index < -0.39 is 0 Å². The summed E-state index contributed by atoms with van der Waals surface area (Å²) in [5, 5.41) is 0.880. The van der Waals surface area contributed by atoms with Crippen LogP contribution >= 0.6 is 15.9 Å². The maximum atomic E-state index is 12.1. The van der Waals surface area contributed by atoms with E-state index >= 15 is 0 Å². The predicted molar refractivity (Wildman–Crippen MR) is 83.3 cm³/mol. The van der Waals surface area contributed by atoms with Crippen LogP contribution in [0.2, 0.25) is 0 Å². The summed E-state index contributed by atoms with van der Waals surface area (Å²) < 4.78 is 5.36. The normalized spacial score (nSPS) is 10.6. The fraction of sp³-hybridized carbons (Fsp3) is 0.312. The van der Waals surface area contributed by atoms with Crippen LogP contribution < -0.4 is 0 Å². The Morgan fingerprint density at radius 2 is 1.95 bits per heavy atom. The Bertz CT molecular complexity index is 590. The Morgan fingerprint density at radius 3 is 2.60 bits per heavy atom. The number of H-pyrrole nitrogens is 1. The molecule has 4 heteroatoms. The third kappa shape index (κ3) is 3.31. The first-order valence-electron chi connectivity index (χ1n) is 6.58. The van der Waals surface area contributed by atoms with Crippen LogP contribution in [-0.4, -0.2) is 16.3 Å². The maximum Gasteiger partial charge on any atom is 0.355 e. The van der Waals surface area contributed by atoms with Crippen LogP contribution in [0.1, 0.15) is 32.9 Å². The van der Waals surface area contributed by atoms with Crippen molar-refractivity contribution in [2.24, 2.45) is 0 Å². The molecular weight excluding hydrogens is 318 g/mol. The van der Waals surface area contributed by atoms with Crippen molar-refractivity contribution in [3.8, 4) is 0 Å². The highest BCUT2D eigenvalue weighted by Crippen LogP contribution is 2.20. The van der Waals surface area contributed by atoms with E-state index in [2.05, 4.69) is 20.9 Å². The Morgan fingerprint density at radius 1 is 1.25 bits per heavy atom. The fourth-order valence-electron chi connectivity index (χ4n) is 2.26. The standard InChI is InChI=1S/C16H18BrNO2/c1-11-14(8-9-17)12(2)18-15(11)16(19)20-10-13-6-4-3-5-7-13/h3-7,18H,8-10H2,1-2H3. The van der Waals surface area contributed by atoms with Gasteiger partial charge in [0, 0.05) is 11.0 Å². The molecule has 0 atom stereocenters. The number of benzene rings is 1. The molecule has 20 heavy (non-hydrogen) atoms. The first-order valence-corrected chi connectivity index (χ1v) is 7.70. The molecule has 3 nitrogen and oxygen atoms in total. The number of aromatic amines is 1. The molecule has 0 fully saturated rings. The van der Waals surface area contributed by atoms with Crippen molar-refractivity contribution < 1.29 is 9.53 Å². The average molecular weight is 336 g/mol. The second-order valence-electron chi connectivity index (χ2n) is 4.73.